The number of hydrogen-bond donors (Lipinski definition) is 1. The quantitative estimate of drug-likeness (QED) is 0.696. The maximum atomic E-state index is 5.62. The van der Waals surface area contributed by atoms with Crippen molar-refractivity contribution in [3.05, 3.63) is 28.2 Å². The molecule has 0 spiro atoms. The minimum Gasteiger partial charge on any atom is -0.371 e. The number of halogens is 1. The highest BCUT2D eigenvalue weighted by molar-refractivity contribution is 9.10. The summed E-state index contributed by atoms with van der Waals surface area (Å²) in [4.78, 5) is 4.92. The number of nitrogens with two attached hydrogens (primary N) is 1. The second-order valence-electron chi connectivity index (χ2n) is 5.28. The van der Waals surface area contributed by atoms with Crippen molar-refractivity contribution in [1.29, 1.82) is 0 Å². The molecule has 3 nitrogen and oxygen atoms in total. The zero-order valence-corrected chi connectivity index (χ0v) is 15.3. The molecular formula is C17H30BrN3. The van der Waals surface area contributed by atoms with Crippen LogP contribution in [0.1, 0.15) is 32.8 Å². The standard InChI is InChI=1S/C17H30BrN3/c1-4-20(5-2)12-7-13-21(6-3)17-9-8-15(10-11-19)14-16(17)18/h8-9,14H,4-7,10-13,19H2,1-3H3. The molecule has 0 atom stereocenters. The minimum absolute atomic E-state index is 0.702. The van der Waals surface area contributed by atoms with Crippen molar-refractivity contribution in [2.24, 2.45) is 5.73 Å². The van der Waals surface area contributed by atoms with Gasteiger partial charge in [-0.15, -0.1) is 0 Å². The predicted octanol–water partition coefficient (Wildman–Crippen LogP) is 3.51. The maximum absolute atomic E-state index is 5.62. The van der Waals surface area contributed by atoms with E-state index in [-0.39, 0.29) is 0 Å². The first-order chi connectivity index (χ1) is 10.2. The molecule has 0 aromatic heterocycles. The van der Waals surface area contributed by atoms with Crippen LogP contribution in [0.5, 0.6) is 0 Å². The normalized spacial score (nSPS) is 11.1. The number of anilines is 1. The zero-order valence-electron chi connectivity index (χ0n) is 13.7. The van der Waals surface area contributed by atoms with Crippen LogP contribution in [0.25, 0.3) is 0 Å². The van der Waals surface area contributed by atoms with Gasteiger partial charge >= 0.3 is 0 Å². The smallest absolute Gasteiger partial charge is 0.0510 e. The summed E-state index contributed by atoms with van der Waals surface area (Å²) in [6, 6.07) is 6.62. The molecule has 2 N–H and O–H groups in total. The largest absolute Gasteiger partial charge is 0.371 e. The Kier molecular flexibility index (Phi) is 8.97. The molecule has 1 rings (SSSR count). The third-order valence-electron chi connectivity index (χ3n) is 3.96. The molecule has 0 saturated carbocycles. The van der Waals surface area contributed by atoms with Crippen molar-refractivity contribution in [2.75, 3.05) is 44.2 Å². The molecule has 4 heteroatoms. The molecule has 1 aromatic carbocycles. The lowest BCUT2D eigenvalue weighted by Crippen LogP contribution is -2.30. The molecule has 0 radical (unpaired) electrons. The molecule has 0 aliphatic heterocycles. The van der Waals surface area contributed by atoms with Gasteiger partial charge in [-0.1, -0.05) is 19.9 Å². The van der Waals surface area contributed by atoms with Crippen LogP contribution in [0.2, 0.25) is 0 Å². The Morgan fingerprint density at radius 2 is 1.76 bits per heavy atom. The number of hydrogen-bond acceptors (Lipinski definition) is 3. The zero-order chi connectivity index (χ0) is 15.7. The van der Waals surface area contributed by atoms with Crippen LogP contribution in [0, 0.1) is 0 Å². The summed E-state index contributed by atoms with van der Waals surface area (Å²) in [6.07, 6.45) is 2.14. The fourth-order valence-electron chi connectivity index (χ4n) is 2.60. The highest BCUT2D eigenvalue weighted by Crippen LogP contribution is 2.27. The SMILES string of the molecule is CCN(CC)CCCN(CC)c1ccc(CCN)cc1Br. The van der Waals surface area contributed by atoms with Gasteiger partial charge in [0.1, 0.15) is 0 Å². The topological polar surface area (TPSA) is 32.5 Å². The van der Waals surface area contributed by atoms with E-state index in [2.05, 4.69) is 64.7 Å². The van der Waals surface area contributed by atoms with Crippen LogP contribution in [-0.2, 0) is 6.42 Å². The summed E-state index contributed by atoms with van der Waals surface area (Å²) in [7, 11) is 0. The summed E-state index contributed by atoms with van der Waals surface area (Å²) in [5.74, 6) is 0. The second kappa shape index (κ2) is 10.2. The van der Waals surface area contributed by atoms with E-state index in [4.69, 9.17) is 5.73 Å². The van der Waals surface area contributed by atoms with Crippen molar-refractivity contribution in [2.45, 2.75) is 33.6 Å². The van der Waals surface area contributed by atoms with Crippen LogP contribution in [0.4, 0.5) is 5.69 Å². The molecule has 0 heterocycles. The molecule has 0 fully saturated rings. The van der Waals surface area contributed by atoms with Crippen molar-refractivity contribution in [1.82, 2.24) is 4.90 Å². The summed E-state index contributed by atoms with van der Waals surface area (Å²) >= 11 is 3.71. The summed E-state index contributed by atoms with van der Waals surface area (Å²) in [5, 5.41) is 0. The molecule has 21 heavy (non-hydrogen) atoms. The van der Waals surface area contributed by atoms with E-state index in [0.717, 1.165) is 32.6 Å². The van der Waals surface area contributed by atoms with Crippen molar-refractivity contribution in [3.63, 3.8) is 0 Å². The van der Waals surface area contributed by atoms with Crippen LogP contribution in [0.15, 0.2) is 22.7 Å². The van der Waals surface area contributed by atoms with E-state index < -0.39 is 0 Å². The summed E-state index contributed by atoms with van der Waals surface area (Å²) in [5.41, 5.74) is 8.21. The third-order valence-corrected chi connectivity index (χ3v) is 4.60. The molecular weight excluding hydrogens is 326 g/mol. The van der Waals surface area contributed by atoms with Gasteiger partial charge in [-0.2, -0.15) is 0 Å². The van der Waals surface area contributed by atoms with Crippen LogP contribution in [0.3, 0.4) is 0 Å². The Balaban J connectivity index is 2.63. The summed E-state index contributed by atoms with van der Waals surface area (Å²) in [6.45, 7) is 13.0. The van der Waals surface area contributed by atoms with E-state index in [1.54, 1.807) is 0 Å². The Morgan fingerprint density at radius 3 is 2.29 bits per heavy atom. The lowest BCUT2D eigenvalue weighted by atomic mass is 10.1. The van der Waals surface area contributed by atoms with Gasteiger partial charge in [0.15, 0.2) is 0 Å². The van der Waals surface area contributed by atoms with Crippen LogP contribution in [-0.4, -0.2) is 44.2 Å². The Labute approximate surface area is 138 Å². The number of rotatable bonds is 10. The van der Waals surface area contributed by atoms with Gasteiger partial charge in [-0.05, 0) is 79.6 Å². The Bertz CT molecular complexity index is 405. The van der Waals surface area contributed by atoms with Crippen molar-refractivity contribution in [3.8, 4) is 0 Å². The number of nitrogens with zero attached hydrogens (tertiary/aromatic N) is 2. The molecule has 0 aliphatic carbocycles. The molecule has 0 unspecified atom stereocenters. The molecule has 1 aromatic rings. The van der Waals surface area contributed by atoms with Crippen LogP contribution >= 0.6 is 15.9 Å². The first-order valence-electron chi connectivity index (χ1n) is 8.11. The first-order valence-corrected chi connectivity index (χ1v) is 8.91. The predicted molar refractivity (Wildman–Crippen MR) is 97.2 cm³/mol. The molecule has 0 saturated heterocycles. The molecule has 120 valence electrons. The maximum Gasteiger partial charge on any atom is 0.0510 e. The van der Waals surface area contributed by atoms with E-state index in [1.165, 1.54) is 28.7 Å². The lowest BCUT2D eigenvalue weighted by Gasteiger charge is -2.26. The highest BCUT2D eigenvalue weighted by atomic mass is 79.9. The second-order valence-corrected chi connectivity index (χ2v) is 6.14. The van der Waals surface area contributed by atoms with E-state index in [1.807, 2.05) is 0 Å². The van der Waals surface area contributed by atoms with Gasteiger partial charge in [-0.3, -0.25) is 0 Å². The van der Waals surface area contributed by atoms with Crippen molar-refractivity contribution < 1.29 is 0 Å². The Hall–Kier alpha value is -0.580. The van der Waals surface area contributed by atoms with Gasteiger partial charge < -0.3 is 15.5 Å². The first kappa shape index (κ1) is 18.5. The lowest BCUT2D eigenvalue weighted by molar-refractivity contribution is 0.301. The Morgan fingerprint density at radius 1 is 1.05 bits per heavy atom. The molecule has 0 aliphatic rings. The summed E-state index contributed by atoms with van der Waals surface area (Å²) < 4.78 is 1.18. The molecule has 0 amide bonds. The van der Waals surface area contributed by atoms with E-state index in [0.29, 0.717) is 6.54 Å². The fraction of sp³-hybridized carbons (Fsp3) is 0.647. The highest BCUT2D eigenvalue weighted by Gasteiger charge is 2.09. The fourth-order valence-corrected chi connectivity index (χ4v) is 3.28. The van der Waals surface area contributed by atoms with Crippen molar-refractivity contribution >= 4 is 21.6 Å². The molecule has 0 bridgehead atoms. The van der Waals surface area contributed by atoms with E-state index >= 15 is 0 Å². The number of benzene rings is 1. The van der Waals surface area contributed by atoms with E-state index in [9.17, 15) is 0 Å². The van der Waals surface area contributed by atoms with Crippen LogP contribution < -0.4 is 10.6 Å². The van der Waals surface area contributed by atoms with Gasteiger partial charge in [-0.25, -0.2) is 0 Å². The van der Waals surface area contributed by atoms with Gasteiger partial charge in [0, 0.05) is 17.6 Å². The monoisotopic (exact) mass is 355 g/mol. The van der Waals surface area contributed by atoms with Gasteiger partial charge in [0.25, 0.3) is 0 Å². The minimum atomic E-state index is 0.702. The van der Waals surface area contributed by atoms with Gasteiger partial charge in [0.05, 0.1) is 5.69 Å². The average Bonchev–Trinajstić information content (AvgIpc) is 2.49. The third kappa shape index (κ3) is 5.97. The van der Waals surface area contributed by atoms with Gasteiger partial charge in [0.2, 0.25) is 0 Å². The average molecular weight is 356 g/mol.